The Balaban J connectivity index is 1.23. The topological polar surface area (TPSA) is 122 Å². The first-order valence-corrected chi connectivity index (χ1v) is 13.3. The molecule has 0 bridgehead atoms. The highest BCUT2D eigenvalue weighted by molar-refractivity contribution is 7.17. The maximum atomic E-state index is 9.27. The first-order chi connectivity index (χ1) is 19.5. The molecule has 2 N–H and O–H groups in total. The van der Waals surface area contributed by atoms with Gasteiger partial charge < -0.3 is 15.2 Å². The van der Waals surface area contributed by atoms with E-state index < -0.39 is 0 Å². The number of thiophene rings is 1. The van der Waals surface area contributed by atoms with Crippen LogP contribution >= 0.6 is 11.3 Å². The molecule has 196 valence electrons. The Bertz CT molecular complexity index is 1850. The smallest absolute Gasteiger partial charge is 0.242 e. The van der Waals surface area contributed by atoms with Crippen LogP contribution in [0.15, 0.2) is 78.3 Å². The third-order valence-corrected chi connectivity index (χ3v) is 7.27. The summed E-state index contributed by atoms with van der Waals surface area (Å²) in [5.74, 6) is 1.55. The predicted molar refractivity (Wildman–Crippen MR) is 154 cm³/mol. The second kappa shape index (κ2) is 10.6. The van der Waals surface area contributed by atoms with Gasteiger partial charge in [0, 0.05) is 11.3 Å². The molecule has 0 saturated heterocycles. The van der Waals surface area contributed by atoms with Crippen molar-refractivity contribution in [2.75, 3.05) is 5.32 Å². The molecule has 6 aromatic rings. The minimum atomic E-state index is 0.000239. The quantitative estimate of drug-likeness (QED) is 0.235. The van der Waals surface area contributed by atoms with Crippen LogP contribution in [0.5, 0.6) is 11.6 Å². The van der Waals surface area contributed by atoms with Gasteiger partial charge in [0.15, 0.2) is 0 Å². The SMILES string of the molecule is Cc1cc(C#N)cc(C)c1Oc1nc(Nc2ccc(-c3cn(-c4ccc(CO)cc4)nn3)cc2)nc2ccsc12. The van der Waals surface area contributed by atoms with E-state index in [0.717, 1.165) is 49.5 Å². The number of fused-ring (bicyclic) bond motifs is 1. The Morgan fingerprint density at radius 1 is 1.00 bits per heavy atom. The number of nitrogens with zero attached hydrogens (tertiary/aromatic N) is 6. The van der Waals surface area contributed by atoms with E-state index in [1.165, 1.54) is 11.3 Å². The molecule has 0 amide bonds. The standard InChI is InChI=1S/C30H23N7O2S/c1-18-13-21(15-31)14-19(2)27(18)39-29-28-25(11-12-40-28)33-30(34-29)32-23-7-5-22(6-8-23)26-16-37(36-35-26)24-9-3-20(17-38)4-10-24/h3-14,16,38H,17H2,1-2H3,(H,32,33,34). The summed E-state index contributed by atoms with van der Waals surface area (Å²) in [5.41, 5.74) is 7.26. The lowest BCUT2D eigenvalue weighted by Crippen LogP contribution is -2.00. The molecule has 0 aliphatic heterocycles. The van der Waals surface area contributed by atoms with Gasteiger partial charge in [-0.25, -0.2) is 9.67 Å². The van der Waals surface area contributed by atoms with E-state index in [-0.39, 0.29) is 6.61 Å². The van der Waals surface area contributed by atoms with E-state index in [9.17, 15) is 10.4 Å². The van der Waals surface area contributed by atoms with Gasteiger partial charge in [0.05, 0.1) is 35.6 Å². The van der Waals surface area contributed by atoms with E-state index >= 15 is 0 Å². The molecule has 0 spiro atoms. The van der Waals surface area contributed by atoms with Crippen LogP contribution in [0.3, 0.4) is 0 Å². The van der Waals surface area contributed by atoms with Crippen molar-refractivity contribution < 1.29 is 9.84 Å². The highest BCUT2D eigenvalue weighted by Crippen LogP contribution is 2.36. The van der Waals surface area contributed by atoms with Gasteiger partial charge in [0.2, 0.25) is 11.8 Å². The Morgan fingerprint density at radius 3 is 2.45 bits per heavy atom. The number of aromatic nitrogens is 5. The molecular weight excluding hydrogens is 522 g/mol. The van der Waals surface area contributed by atoms with Crippen molar-refractivity contribution in [1.82, 2.24) is 25.0 Å². The zero-order chi connectivity index (χ0) is 27.6. The number of anilines is 2. The first kappa shape index (κ1) is 25.2. The largest absolute Gasteiger partial charge is 0.437 e. The van der Waals surface area contributed by atoms with E-state index in [4.69, 9.17) is 4.74 Å². The number of rotatable bonds is 7. The lowest BCUT2D eigenvalue weighted by Gasteiger charge is -2.13. The van der Waals surface area contributed by atoms with Gasteiger partial charge in [-0.05, 0) is 78.4 Å². The summed E-state index contributed by atoms with van der Waals surface area (Å²) >= 11 is 1.51. The minimum absolute atomic E-state index is 0.000239. The molecule has 40 heavy (non-hydrogen) atoms. The van der Waals surface area contributed by atoms with Crippen molar-refractivity contribution in [3.05, 3.63) is 101 Å². The number of nitrogens with one attached hydrogen (secondary N) is 1. The lowest BCUT2D eigenvalue weighted by molar-refractivity contribution is 0.282. The van der Waals surface area contributed by atoms with E-state index in [1.807, 2.05) is 80.0 Å². The summed E-state index contributed by atoms with van der Waals surface area (Å²) in [6.45, 7) is 3.84. The van der Waals surface area contributed by atoms with Crippen LogP contribution in [0.4, 0.5) is 11.6 Å². The van der Waals surface area contributed by atoms with Crippen LogP contribution in [0.25, 0.3) is 27.2 Å². The summed E-state index contributed by atoms with van der Waals surface area (Å²) < 4.78 is 8.84. The van der Waals surface area contributed by atoms with E-state index in [1.54, 1.807) is 16.8 Å². The molecule has 0 fully saturated rings. The normalized spacial score (nSPS) is 10.9. The van der Waals surface area contributed by atoms with E-state index in [2.05, 4.69) is 31.7 Å². The molecule has 6 rings (SSSR count). The summed E-state index contributed by atoms with van der Waals surface area (Å²) in [5, 5.41) is 32.3. The van der Waals surface area contributed by atoms with Crippen LogP contribution < -0.4 is 10.1 Å². The molecule has 10 heteroatoms. The zero-order valence-corrected chi connectivity index (χ0v) is 22.5. The van der Waals surface area contributed by atoms with Crippen molar-refractivity contribution in [3.63, 3.8) is 0 Å². The summed E-state index contributed by atoms with van der Waals surface area (Å²) in [4.78, 5) is 9.34. The second-order valence-corrected chi connectivity index (χ2v) is 10.1. The van der Waals surface area contributed by atoms with Gasteiger partial charge in [-0.15, -0.1) is 16.4 Å². The number of hydrogen-bond donors (Lipinski definition) is 2. The molecule has 0 radical (unpaired) electrons. The van der Waals surface area contributed by atoms with Gasteiger partial charge in [-0.2, -0.15) is 10.2 Å². The predicted octanol–water partition coefficient (Wildman–Crippen LogP) is 6.46. The monoisotopic (exact) mass is 545 g/mol. The molecule has 0 aliphatic rings. The summed E-state index contributed by atoms with van der Waals surface area (Å²) in [6, 6.07) is 23.0. The molecule has 3 aromatic heterocycles. The van der Waals surface area contributed by atoms with Crippen LogP contribution in [-0.4, -0.2) is 30.1 Å². The highest BCUT2D eigenvalue weighted by atomic mass is 32.1. The van der Waals surface area contributed by atoms with Crippen LogP contribution in [0.2, 0.25) is 0 Å². The molecule has 3 heterocycles. The Labute approximate surface area is 234 Å². The second-order valence-electron chi connectivity index (χ2n) is 9.22. The molecule has 0 saturated carbocycles. The number of nitriles is 1. The Kier molecular flexibility index (Phi) is 6.66. The third kappa shape index (κ3) is 4.99. The molecular formula is C30H23N7O2S. The van der Waals surface area contributed by atoms with Gasteiger partial charge >= 0.3 is 0 Å². The number of ether oxygens (including phenoxy) is 1. The minimum Gasteiger partial charge on any atom is -0.437 e. The van der Waals surface area contributed by atoms with Gasteiger partial charge in [0.25, 0.3) is 0 Å². The van der Waals surface area contributed by atoms with Crippen LogP contribution in [0, 0.1) is 25.2 Å². The first-order valence-electron chi connectivity index (χ1n) is 12.4. The zero-order valence-electron chi connectivity index (χ0n) is 21.7. The lowest BCUT2D eigenvalue weighted by atomic mass is 10.1. The van der Waals surface area contributed by atoms with Crippen molar-refractivity contribution in [2.45, 2.75) is 20.5 Å². The average Bonchev–Trinajstić information content (AvgIpc) is 3.66. The Morgan fingerprint density at radius 2 is 1.75 bits per heavy atom. The fourth-order valence-electron chi connectivity index (χ4n) is 4.36. The van der Waals surface area contributed by atoms with Gasteiger partial charge in [-0.3, -0.25) is 0 Å². The summed E-state index contributed by atoms with van der Waals surface area (Å²) in [7, 11) is 0. The van der Waals surface area contributed by atoms with Crippen molar-refractivity contribution >= 4 is 33.2 Å². The third-order valence-electron chi connectivity index (χ3n) is 6.37. The van der Waals surface area contributed by atoms with Crippen molar-refractivity contribution in [1.29, 1.82) is 5.26 Å². The van der Waals surface area contributed by atoms with Crippen molar-refractivity contribution in [3.8, 4) is 34.6 Å². The number of benzene rings is 3. The summed E-state index contributed by atoms with van der Waals surface area (Å²) in [6.07, 6.45) is 1.86. The maximum absolute atomic E-state index is 9.27. The number of hydrogen-bond acceptors (Lipinski definition) is 9. The molecule has 9 nitrogen and oxygen atoms in total. The maximum Gasteiger partial charge on any atom is 0.242 e. The molecule has 0 unspecified atom stereocenters. The fraction of sp³-hybridized carbons (Fsp3) is 0.100. The number of aryl methyl sites for hydroxylation is 2. The molecule has 0 atom stereocenters. The van der Waals surface area contributed by atoms with E-state index in [0.29, 0.717) is 23.1 Å². The Hall–Kier alpha value is -5.11. The van der Waals surface area contributed by atoms with Gasteiger partial charge in [0.1, 0.15) is 16.1 Å². The number of aliphatic hydroxyl groups excluding tert-OH is 1. The average molecular weight is 546 g/mol. The molecule has 0 aliphatic carbocycles. The van der Waals surface area contributed by atoms with Crippen molar-refractivity contribution in [2.24, 2.45) is 0 Å². The highest BCUT2D eigenvalue weighted by Gasteiger charge is 2.15. The fourth-order valence-corrected chi connectivity index (χ4v) is 5.12. The van der Waals surface area contributed by atoms with Crippen LogP contribution in [0.1, 0.15) is 22.3 Å². The molecule has 3 aromatic carbocycles. The van der Waals surface area contributed by atoms with Crippen LogP contribution in [-0.2, 0) is 6.61 Å². The number of aliphatic hydroxyl groups is 1. The van der Waals surface area contributed by atoms with Gasteiger partial charge in [-0.1, -0.05) is 29.5 Å².